The van der Waals surface area contributed by atoms with E-state index in [0.717, 1.165) is 18.7 Å². The number of hydrogen-bond donors (Lipinski definition) is 2. The van der Waals surface area contributed by atoms with E-state index in [0.29, 0.717) is 6.42 Å². The largest absolute Gasteiger partial charge is 0.504 e. The molecule has 4 nitrogen and oxygen atoms in total. The standard InChI is InChI=1S/C18H33N3O/c1-3-5-7-9-13-21(14-10-8-6-4-2)15-16-11-12-20-18(19)17(16)22/h12,15,22H,3-11,13-14,19H2,1-2H3. The van der Waals surface area contributed by atoms with Crippen molar-refractivity contribution in [2.75, 3.05) is 13.1 Å². The summed E-state index contributed by atoms with van der Waals surface area (Å²) < 4.78 is 0. The first-order valence-electron chi connectivity index (χ1n) is 8.85. The lowest BCUT2D eigenvalue weighted by atomic mass is 10.1. The highest BCUT2D eigenvalue weighted by Gasteiger charge is 2.13. The maximum absolute atomic E-state index is 10.1. The van der Waals surface area contributed by atoms with Gasteiger partial charge in [-0.3, -0.25) is 0 Å². The van der Waals surface area contributed by atoms with Crippen LogP contribution in [0.5, 0.6) is 0 Å². The molecule has 0 aromatic rings. The zero-order valence-corrected chi connectivity index (χ0v) is 14.4. The highest BCUT2D eigenvalue weighted by atomic mass is 16.3. The van der Waals surface area contributed by atoms with E-state index in [2.05, 4.69) is 29.9 Å². The number of aliphatic hydroxyl groups is 1. The molecule has 4 heteroatoms. The van der Waals surface area contributed by atoms with E-state index in [1.807, 2.05) is 0 Å². The first kappa shape index (κ1) is 18.6. The SMILES string of the molecule is CCCCCCN(C=C1CC=NC(N)=C1O)CCCCCC. The summed E-state index contributed by atoms with van der Waals surface area (Å²) in [5.74, 6) is 0.379. The third kappa shape index (κ3) is 7.01. The summed E-state index contributed by atoms with van der Waals surface area (Å²) in [6.45, 7) is 6.58. The van der Waals surface area contributed by atoms with Crippen molar-refractivity contribution in [2.24, 2.45) is 10.7 Å². The molecule has 22 heavy (non-hydrogen) atoms. The van der Waals surface area contributed by atoms with E-state index in [1.165, 1.54) is 51.4 Å². The second-order valence-corrected chi connectivity index (χ2v) is 6.06. The molecule has 0 aliphatic carbocycles. The van der Waals surface area contributed by atoms with E-state index in [-0.39, 0.29) is 11.6 Å². The molecule has 0 aromatic carbocycles. The first-order valence-corrected chi connectivity index (χ1v) is 8.85. The van der Waals surface area contributed by atoms with Crippen molar-refractivity contribution in [3.8, 4) is 0 Å². The third-order valence-electron chi connectivity index (χ3n) is 4.02. The van der Waals surface area contributed by atoms with Crippen LogP contribution in [0.2, 0.25) is 0 Å². The van der Waals surface area contributed by atoms with Crippen LogP contribution in [0.3, 0.4) is 0 Å². The number of rotatable bonds is 11. The van der Waals surface area contributed by atoms with Gasteiger partial charge in [0, 0.05) is 37.5 Å². The number of allylic oxidation sites excluding steroid dienone is 1. The average molecular weight is 307 g/mol. The molecule has 0 radical (unpaired) electrons. The maximum Gasteiger partial charge on any atom is 0.165 e. The van der Waals surface area contributed by atoms with Gasteiger partial charge in [-0.25, -0.2) is 4.99 Å². The van der Waals surface area contributed by atoms with Crippen molar-refractivity contribution < 1.29 is 5.11 Å². The van der Waals surface area contributed by atoms with Crippen LogP contribution in [0.25, 0.3) is 0 Å². The van der Waals surface area contributed by atoms with Gasteiger partial charge in [0.1, 0.15) is 0 Å². The Morgan fingerprint density at radius 1 is 1.09 bits per heavy atom. The lowest BCUT2D eigenvalue weighted by Crippen LogP contribution is -2.22. The van der Waals surface area contributed by atoms with Gasteiger partial charge in [-0.1, -0.05) is 52.4 Å². The summed E-state index contributed by atoms with van der Waals surface area (Å²) in [5.41, 5.74) is 6.58. The number of aliphatic hydroxyl groups excluding tert-OH is 1. The summed E-state index contributed by atoms with van der Waals surface area (Å²) in [6, 6.07) is 0. The number of aliphatic imine (C=N–C) groups is 1. The summed E-state index contributed by atoms with van der Waals surface area (Å²) in [4.78, 5) is 6.31. The predicted octanol–water partition coefficient (Wildman–Crippen LogP) is 4.49. The quantitative estimate of drug-likeness (QED) is 0.553. The van der Waals surface area contributed by atoms with Crippen molar-refractivity contribution in [1.82, 2.24) is 4.90 Å². The van der Waals surface area contributed by atoms with Crippen LogP contribution in [0.15, 0.2) is 28.3 Å². The van der Waals surface area contributed by atoms with Crippen LogP contribution in [0.1, 0.15) is 71.6 Å². The monoisotopic (exact) mass is 307 g/mol. The molecule has 0 bridgehead atoms. The van der Waals surface area contributed by atoms with Gasteiger partial charge in [0.2, 0.25) is 0 Å². The van der Waals surface area contributed by atoms with Crippen molar-refractivity contribution >= 4 is 6.21 Å². The Balaban J connectivity index is 2.57. The van der Waals surface area contributed by atoms with Crippen molar-refractivity contribution in [2.45, 2.75) is 71.6 Å². The van der Waals surface area contributed by atoms with Gasteiger partial charge in [-0.2, -0.15) is 0 Å². The fourth-order valence-electron chi connectivity index (χ4n) is 2.62. The highest BCUT2D eigenvalue weighted by Crippen LogP contribution is 2.19. The van der Waals surface area contributed by atoms with E-state index in [9.17, 15) is 5.11 Å². The predicted molar refractivity (Wildman–Crippen MR) is 94.9 cm³/mol. The first-order chi connectivity index (χ1) is 10.7. The van der Waals surface area contributed by atoms with Gasteiger partial charge < -0.3 is 15.7 Å². The Kier molecular flexibility index (Phi) is 9.44. The molecule has 3 N–H and O–H groups in total. The molecule has 1 rings (SSSR count). The van der Waals surface area contributed by atoms with Crippen LogP contribution >= 0.6 is 0 Å². The van der Waals surface area contributed by atoms with Crippen molar-refractivity contribution in [3.05, 3.63) is 23.4 Å². The molecular weight excluding hydrogens is 274 g/mol. The molecule has 0 unspecified atom stereocenters. The molecule has 0 atom stereocenters. The van der Waals surface area contributed by atoms with Crippen LogP contribution in [-0.2, 0) is 0 Å². The van der Waals surface area contributed by atoms with Gasteiger partial charge in [0.05, 0.1) is 0 Å². The lowest BCUT2D eigenvalue weighted by molar-refractivity contribution is 0.342. The molecule has 0 saturated carbocycles. The molecule has 0 saturated heterocycles. The van der Waals surface area contributed by atoms with Crippen molar-refractivity contribution in [1.29, 1.82) is 0 Å². The van der Waals surface area contributed by atoms with Crippen LogP contribution < -0.4 is 5.73 Å². The molecule has 1 heterocycles. The second-order valence-electron chi connectivity index (χ2n) is 6.06. The molecule has 126 valence electrons. The van der Waals surface area contributed by atoms with Gasteiger partial charge in [-0.05, 0) is 12.8 Å². The molecule has 0 spiro atoms. The topological polar surface area (TPSA) is 61.8 Å². The van der Waals surface area contributed by atoms with E-state index in [1.54, 1.807) is 6.21 Å². The fraction of sp³-hybridized carbons (Fsp3) is 0.722. The van der Waals surface area contributed by atoms with Crippen LogP contribution in [0.4, 0.5) is 0 Å². The molecule has 0 fully saturated rings. The average Bonchev–Trinajstić information content (AvgIpc) is 2.52. The Hall–Kier alpha value is -1.45. The van der Waals surface area contributed by atoms with E-state index >= 15 is 0 Å². The van der Waals surface area contributed by atoms with E-state index in [4.69, 9.17) is 5.73 Å². The zero-order chi connectivity index (χ0) is 16.2. The summed E-state index contributed by atoms with van der Waals surface area (Å²) in [7, 11) is 0. The number of nitrogens with two attached hydrogens (primary N) is 1. The second kappa shape index (κ2) is 11.2. The van der Waals surface area contributed by atoms with Gasteiger partial charge in [-0.15, -0.1) is 0 Å². The Morgan fingerprint density at radius 3 is 2.23 bits per heavy atom. The summed E-state index contributed by atoms with van der Waals surface area (Å²) >= 11 is 0. The van der Waals surface area contributed by atoms with Gasteiger partial charge in [0.25, 0.3) is 0 Å². The normalized spacial score (nSPS) is 16.5. The fourth-order valence-corrected chi connectivity index (χ4v) is 2.62. The van der Waals surface area contributed by atoms with Crippen LogP contribution in [0, 0.1) is 0 Å². The minimum absolute atomic E-state index is 0.148. The number of hydrogen-bond acceptors (Lipinski definition) is 4. The molecule has 0 aromatic heterocycles. The van der Waals surface area contributed by atoms with Crippen LogP contribution in [-0.4, -0.2) is 29.3 Å². The number of unbranched alkanes of at least 4 members (excludes halogenated alkanes) is 6. The smallest absolute Gasteiger partial charge is 0.165 e. The minimum atomic E-state index is 0.148. The lowest BCUT2D eigenvalue weighted by Gasteiger charge is -2.23. The van der Waals surface area contributed by atoms with Gasteiger partial charge >= 0.3 is 0 Å². The Morgan fingerprint density at radius 2 is 1.68 bits per heavy atom. The summed E-state index contributed by atoms with van der Waals surface area (Å²) in [5, 5.41) is 10.1. The Labute approximate surface area is 135 Å². The minimum Gasteiger partial charge on any atom is -0.504 e. The Bertz CT molecular complexity index is 387. The third-order valence-corrected chi connectivity index (χ3v) is 4.02. The zero-order valence-electron chi connectivity index (χ0n) is 14.4. The summed E-state index contributed by atoms with van der Waals surface area (Å²) in [6.07, 6.45) is 14.6. The van der Waals surface area contributed by atoms with Gasteiger partial charge in [0.15, 0.2) is 11.6 Å². The highest BCUT2D eigenvalue weighted by molar-refractivity contribution is 5.67. The van der Waals surface area contributed by atoms with E-state index < -0.39 is 0 Å². The molecule has 1 aliphatic rings. The number of nitrogens with zero attached hydrogens (tertiary/aromatic N) is 2. The molecule has 1 aliphatic heterocycles. The van der Waals surface area contributed by atoms with Crippen molar-refractivity contribution in [3.63, 3.8) is 0 Å². The maximum atomic E-state index is 10.1. The molecular formula is C18H33N3O. The molecule has 0 amide bonds.